The SMILES string of the molecule is C[C@]12CCC3C(CC(=N)C4=CC(=N)CC[C@@]43CO)C1CCC2=O. The van der Waals surface area contributed by atoms with Crippen LogP contribution >= 0.6 is 0 Å². The molecule has 4 aliphatic rings. The Hall–Kier alpha value is -1.29. The molecular weight excluding hydrogens is 288 g/mol. The highest BCUT2D eigenvalue weighted by molar-refractivity contribution is 6.08. The van der Waals surface area contributed by atoms with Crippen LogP contribution in [0.4, 0.5) is 0 Å². The second kappa shape index (κ2) is 4.85. The van der Waals surface area contributed by atoms with E-state index in [9.17, 15) is 9.90 Å². The van der Waals surface area contributed by atoms with Crippen molar-refractivity contribution in [2.24, 2.45) is 28.6 Å². The van der Waals surface area contributed by atoms with Crippen LogP contribution in [0.15, 0.2) is 11.6 Å². The highest BCUT2D eigenvalue weighted by Crippen LogP contribution is 2.63. The van der Waals surface area contributed by atoms with Crippen LogP contribution in [0.3, 0.4) is 0 Å². The lowest BCUT2D eigenvalue weighted by atomic mass is 9.46. The molecule has 0 heterocycles. The summed E-state index contributed by atoms with van der Waals surface area (Å²) in [5, 5.41) is 26.8. The van der Waals surface area contributed by atoms with Crippen molar-refractivity contribution in [3.05, 3.63) is 11.6 Å². The summed E-state index contributed by atoms with van der Waals surface area (Å²) in [5.74, 6) is 1.51. The summed E-state index contributed by atoms with van der Waals surface area (Å²) in [4.78, 5) is 12.4. The minimum Gasteiger partial charge on any atom is -0.395 e. The number of hydrogen-bond acceptors (Lipinski definition) is 4. The van der Waals surface area contributed by atoms with E-state index in [1.54, 1.807) is 0 Å². The molecule has 0 saturated heterocycles. The van der Waals surface area contributed by atoms with Gasteiger partial charge in [-0.25, -0.2) is 0 Å². The lowest BCUT2D eigenvalue weighted by Gasteiger charge is -2.57. The first-order valence-electron chi connectivity index (χ1n) is 8.94. The molecule has 0 aromatic heterocycles. The number of carbonyl (C=O) groups is 1. The van der Waals surface area contributed by atoms with Gasteiger partial charge in [0.1, 0.15) is 5.78 Å². The summed E-state index contributed by atoms with van der Waals surface area (Å²) < 4.78 is 0. The standard InChI is InChI=1S/C19H26N2O2/c1-18-6-5-14-12(13(18)2-3-17(18)23)9-16(21)15-8-11(20)4-7-19(14,15)10-22/h8,12-14,20-22H,2-7,9-10H2,1H3/t12?,13?,14?,18-,19-/m0/s1. The Labute approximate surface area is 137 Å². The maximum Gasteiger partial charge on any atom is 0.139 e. The van der Waals surface area contributed by atoms with Crippen molar-refractivity contribution in [3.8, 4) is 0 Å². The topological polar surface area (TPSA) is 85.0 Å². The predicted molar refractivity (Wildman–Crippen MR) is 89.0 cm³/mol. The molecule has 0 spiro atoms. The third-order valence-electron chi connectivity index (χ3n) is 7.60. The predicted octanol–water partition coefficient (Wildman–Crippen LogP) is 3.14. The molecule has 5 atom stereocenters. The van der Waals surface area contributed by atoms with Gasteiger partial charge in [-0.15, -0.1) is 0 Å². The Morgan fingerprint density at radius 2 is 2.00 bits per heavy atom. The third-order valence-corrected chi connectivity index (χ3v) is 7.60. The number of aliphatic hydroxyl groups is 1. The Balaban J connectivity index is 1.78. The molecule has 4 aliphatic carbocycles. The van der Waals surface area contributed by atoms with Crippen LogP contribution in [0.1, 0.15) is 51.9 Å². The van der Waals surface area contributed by atoms with Crippen LogP contribution in [-0.2, 0) is 4.79 Å². The van der Waals surface area contributed by atoms with Gasteiger partial charge in [0.05, 0.1) is 6.61 Å². The summed E-state index contributed by atoms with van der Waals surface area (Å²) >= 11 is 0. The number of aliphatic hydroxyl groups excluding tert-OH is 1. The van der Waals surface area contributed by atoms with Gasteiger partial charge in [0.2, 0.25) is 0 Å². The first-order valence-corrected chi connectivity index (χ1v) is 8.94. The van der Waals surface area contributed by atoms with Gasteiger partial charge in [0.15, 0.2) is 0 Å². The zero-order chi connectivity index (χ0) is 16.4. The first-order chi connectivity index (χ1) is 10.9. The van der Waals surface area contributed by atoms with Gasteiger partial charge in [-0.05, 0) is 67.9 Å². The van der Waals surface area contributed by atoms with Gasteiger partial charge in [-0.3, -0.25) is 4.79 Å². The molecule has 0 aromatic carbocycles. The second-order valence-corrected chi connectivity index (χ2v) is 8.38. The summed E-state index contributed by atoms with van der Waals surface area (Å²) in [7, 11) is 0. The number of rotatable bonds is 1. The van der Waals surface area contributed by atoms with Crippen LogP contribution in [-0.4, -0.2) is 28.9 Å². The van der Waals surface area contributed by atoms with Crippen LogP contribution in [0.2, 0.25) is 0 Å². The number of nitrogens with one attached hydrogen (secondary N) is 2. The fraction of sp³-hybridized carbons (Fsp3) is 0.737. The Bertz CT molecular complexity index is 637. The largest absolute Gasteiger partial charge is 0.395 e. The highest BCUT2D eigenvalue weighted by Gasteiger charge is 2.60. The van der Waals surface area contributed by atoms with Crippen molar-refractivity contribution in [3.63, 3.8) is 0 Å². The lowest BCUT2D eigenvalue weighted by Crippen LogP contribution is -2.55. The summed E-state index contributed by atoms with van der Waals surface area (Å²) in [5.41, 5.74) is 1.58. The highest BCUT2D eigenvalue weighted by atomic mass is 16.3. The van der Waals surface area contributed by atoms with Crippen molar-refractivity contribution in [2.75, 3.05) is 6.61 Å². The Morgan fingerprint density at radius 3 is 2.74 bits per heavy atom. The van der Waals surface area contributed by atoms with E-state index >= 15 is 0 Å². The monoisotopic (exact) mass is 314 g/mol. The lowest BCUT2D eigenvalue weighted by molar-refractivity contribution is -0.132. The van der Waals surface area contributed by atoms with E-state index in [-0.39, 0.29) is 17.4 Å². The van der Waals surface area contributed by atoms with E-state index < -0.39 is 0 Å². The minimum atomic E-state index is -0.336. The van der Waals surface area contributed by atoms with E-state index in [1.807, 2.05) is 6.08 Å². The normalized spacial score (nSPS) is 46.1. The molecule has 3 fully saturated rings. The van der Waals surface area contributed by atoms with E-state index in [0.717, 1.165) is 37.7 Å². The summed E-state index contributed by atoms with van der Waals surface area (Å²) in [6.45, 7) is 2.22. The van der Waals surface area contributed by atoms with Crippen LogP contribution in [0.25, 0.3) is 0 Å². The number of ketones is 1. The molecule has 4 heteroatoms. The van der Waals surface area contributed by atoms with Crippen molar-refractivity contribution in [2.45, 2.75) is 51.9 Å². The maximum atomic E-state index is 12.4. The van der Waals surface area contributed by atoms with Gasteiger partial charge in [0, 0.05) is 28.7 Å². The van der Waals surface area contributed by atoms with Gasteiger partial charge < -0.3 is 15.9 Å². The quantitative estimate of drug-likeness (QED) is 0.694. The fourth-order valence-corrected chi connectivity index (χ4v) is 6.31. The molecule has 0 radical (unpaired) electrons. The van der Waals surface area contributed by atoms with Gasteiger partial charge in [0.25, 0.3) is 0 Å². The summed E-state index contributed by atoms with van der Waals surface area (Å²) in [6, 6.07) is 0. The number of hydrogen-bond donors (Lipinski definition) is 3. The number of carbonyl (C=O) groups excluding carboxylic acids is 1. The molecule has 3 N–H and O–H groups in total. The van der Waals surface area contributed by atoms with E-state index in [0.29, 0.717) is 47.8 Å². The molecule has 4 rings (SSSR count). The van der Waals surface area contributed by atoms with Crippen LogP contribution < -0.4 is 0 Å². The minimum absolute atomic E-state index is 0.0764. The Kier molecular flexibility index (Phi) is 3.22. The molecule has 0 aliphatic heterocycles. The van der Waals surface area contributed by atoms with Crippen molar-refractivity contribution >= 4 is 17.2 Å². The fourth-order valence-electron chi connectivity index (χ4n) is 6.31. The van der Waals surface area contributed by atoms with Gasteiger partial charge in [-0.2, -0.15) is 0 Å². The van der Waals surface area contributed by atoms with Gasteiger partial charge in [-0.1, -0.05) is 6.92 Å². The maximum absolute atomic E-state index is 12.4. The number of fused-ring (bicyclic) bond motifs is 5. The molecule has 4 nitrogen and oxygen atoms in total. The zero-order valence-corrected chi connectivity index (χ0v) is 13.8. The van der Waals surface area contributed by atoms with Crippen molar-refractivity contribution in [1.82, 2.24) is 0 Å². The van der Waals surface area contributed by atoms with Crippen molar-refractivity contribution in [1.29, 1.82) is 10.8 Å². The van der Waals surface area contributed by atoms with Crippen LogP contribution in [0, 0.1) is 39.4 Å². The molecule has 3 unspecified atom stereocenters. The molecule has 0 aromatic rings. The number of allylic oxidation sites excluding steroid dienone is 1. The summed E-state index contributed by atoms with van der Waals surface area (Å²) in [6.07, 6.45) is 7.61. The molecule has 0 bridgehead atoms. The van der Waals surface area contributed by atoms with E-state index in [1.165, 1.54) is 0 Å². The molecule has 3 saturated carbocycles. The molecule has 23 heavy (non-hydrogen) atoms. The third kappa shape index (κ3) is 1.84. The average molecular weight is 314 g/mol. The van der Waals surface area contributed by atoms with Crippen LogP contribution in [0.5, 0.6) is 0 Å². The second-order valence-electron chi connectivity index (χ2n) is 8.38. The smallest absolute Gasteiger partial charge is 0.139 e. The first kappa shape index (κ1) is 15.3. The molecular formula is C19H26N2O2. The number of Topliss-reactive ketones (excluding diaryl/α,β-unsaturated/α-hetero) is 1. The molecule has 0 amide bonds. The zero-order valence-electron chi connectivity index (χ0n) is 13.8. The average Bonchev–Trinajstić information content (AvgIpc) is 2.84. The van der Waals surface area contributed by atoms with Crippen molar-refractivity contribution < 1.29 is 9.90 Å². The van der Waals surface area contributed by atoms with E-state index in [4.69, 9.17) is 10.8 Å². The van der Waals surface area contributed by atoms with Gasteiger partial charge >= 0.3 is 0 Å². The Morgan fingerprint density at radius 1 is 1.22 bits per heavy atom. The molecule has 124 valence electrons. The van der Waals surface area contributed by atoms with E-state index in [2.05, 4.69) is 6.92 Å².